The van der Waals surface area contributed by atoms with E-state index in [1.165, 1.54) is 44.1 Å². The molecule has 2 heteroatoms. The molecule has 0 aliphatic heterocycles. The van der Waals surface area contributed by atoms with Gasteiger partial charge in [0.05, 0.1) is 11.6 Å². The standard InChI is InChI=1S/C21H24BrN/c22-16-8-4-2-1-3-5-9-18-12-14-19(15-13-18)21-11-7-6-10-20(21)17-23/h6-7,10-15H,1-5,8-9,16H2. The molecule has 2 rings (SSSR count). The average molecular weight is 370 g/mol. The van der Waals surface area contributed by atoms with Crippen molar-refractivity contribution in [3.05, 3.63) is 59.7 Å². The van der Waals surface area contributed by atoms with E-state index < -0.39 is 0 Å². The molecule has 0 saturated heterocycles. The lowest BCUT2D eigenvalue weighted by atomic mass is 9.98. The molecule has 0 aromatic heterocycles. The Labute approximate surface area is 148 Å². The number of rotatable bonds is 9. The van der Waals surface area contributed by atoms with Crippen LogP contribution in [-0.4, -0.2) is 5.33 Å². The van der Waals surface area contributed by atoms with E-state index in [4.69, 9.17) is 0 Å². The number of nitrogens with zero attached hydrogens (tertiary/aromatic N) is 1. The maximum absolute atomic E-state index is 9.20. The lowest BCUT2D eigenvalue weighted by Crippen LogP contribution is -1.88. The van der Waals surface area contributed by atoms with Crippen LogP contribution in [0.5, 0.6) is 0 Å². The maximum atomic E-state index is 9.20. The monoisotopic (exact) mass is 369 g/mol. The molecule has 1 nitrogen and oxygen atoms in total. The minimum absolute atomic E-state index is 0.740. The molecule has 0 N–H and O–H groups in total. The summed E-state index contributed by atoms with van der Waals surface area (Å²) in [7, 11) is 0. The topological polar surface area (TPSA) is 23.8 Å². The van der Waals surface area contributed by atoms with Crippen molar-refractivity contribution in [1.29, 1.82) is 5.26 Å². The van der Waals surface area contributed by atoms with Crippen LogP contribution in [0.4, 0.5) is 0 Å². The Kier molecular flexibility index (Phi) is 7.90. The van der Waals surface area contributed by atoms with Gasteiger partial charge in [0, 0.05) is 5.33 Å². The van der Waals surface area contributed by atoms with Crippen molar-refractivity contribution in [3.63, 3.8) is 0 Å². The van der Waals surface area contributed by atoms with Gasteiger partial charge in [-0.2, -0.15) is 5.26 Å². The fraction of sp³-hybridized carbons (Fsp3) is 0.381. The summed E-state index contributed by atoms with van der Waals surface area (Å²) in [6.07, 6.45) is 9.09. The van der Waals surface area contributed by atoms with E-state index in [0.29, 0.717) is 0 Å². The summed E-state index contributed by atoms with van der Waals surface area (Å²) >= 11 is 3.48. The first-order valence-corrected chi connectivity index (χ1v) is 9.61. The Morgan fingerprint density at radius 3 is 2.13 bits per heavy atom. The van der Waals surface area contributed by atoms with E-state index in [2.05, 4.69) is 46.3 Å². The Bertz CT molecular complexity index is 625. The molecule has 0 saturated carbocycles. The highest BCUT2D eigenvalue weighted by molar-refractivity contribution is 9.09. The second-order valence-electron chi connectivity index (χ2n) is 5.91. The zero-order chi connectivity index (χ0) is 16.3. The van der Waals surface area contributed by atoms with Gasteiger partial charge in [0.2, 0.25) is 0 Å². The van der Waals surface area contributed by atoms with Gasteiger partial charge in [-0.1, -0.05) is 84.1 Å². The SMILES string of the molecule is N#Cc1ccccc1-c1ccc(CCCCCCCCBr)cc1. The molecule has 23 heavy (non-hydrogen) atoms. The molecule has 2 aromatic rings. The summed E-state index contributed by atoms with van der Waals surface area (Å²) in [6.45, 7) is 0. The second-order valence-corrected chi connectivity index (χ2v) is 6.71. The summed E-state index contributed by atoms with van der Waals surface area (Å²) in [6, 6.07) is 18.7. The number of alkyl halides is 1. The van der Waals surface area contributed by atoms with E-state index in [9.17, 15) is 5.26 Å². The van der Waals surface area contributed by atoms with E-state index in [0.717, 1.165) is 28.4 Å². The van der Waals surface area contributed by atoms with Gasteiger partial charge >= 0.3 is 0 Å². The molecule has 0 heterocycles. The highest BCUT2D eigenvalue weighted by Gasteiger charge is 2.03. The molecule has 0 aliphatic rings. The third-order valence-electron chi connectivity index (χ3n) is 4.16. The third-order valence-corrected chi connectivity index (χ3v) is 4.72. The van der Waals surface area contributed by atoms with Gasteiger partial charge in [-0.05, 0) is 42.0 Å². The van der Waals surface area contributed by atoms with Gasteiger partial charge in [0.25, 0.3) is 0 Å². The summed E-state index contributed by atoms with van der Waals surface area (Å²) in [4.78, 5) is 0. The normalized spacial score (nSPS) is 10.4. The van der Waals surface area contributed by atoms with Crippen LogP contribution in [0, 0.1) is 11.3 Å². The molecular weight excluding hydrogens is 346 g/mol. The molecule has 0 bridgehead atoms. The van der Waals surface area contributed by atoms with Crippen LogP contribution in [0.25, 0.3) is 11.1 Å². The predicted molar refractivity (Wildman–Crippen MR) is 102 cm³/mol. The van der Waals surface area contributed by atoms with E-state index in [1.807, 2.05) is 24.3 Å². The van der Waals surface area contributed by atoms with Gasteiger partial charge in [0.1, 0.15) is 0 Å². The minimum atomic E-state index is 0.740. The van der Waals surface area contributed by atoms with E-state index >= 15 is 0 Å². The Balaban J connectivity index is 1.82. The van der Waals surface area contributed by atoms with Crippen LogP contribution in [0.1, 0.15) is 49.7 Å². The predicted octanol–water partition coefficient (Wildman–Crippen LogP) is 6.50. The van der Waals surface area contributed by atoms with Crippen LogP contribution in [0.15, 0.2) is 48.5 Å². The van der Waals surface area contributed by atoms with Gasteiger partial charge in [-0.25, -0.2) is 0 Å². The Morgan fingerprint density at radius 1 is 0.783 bits per heavy atom. The molecule has 0 fully saturated rings. The first-order chi connectivity index (χ1) is 11.3. The molecule has 0 aliphatic carbocycles. The summed E-state index contributed by atoms with van der Waals surface area (Å²) in [5.41, 5.74) is 4.28. The quantitative estimate of drug-likeness (QED) is 0.365. The number of hydrogen-bond acceptors (Lipinski definition) is 1. The fourth-order valence-electron chi connectivity index (χ4n) is 2.81. The van der Waals surface area contributed by atoms with Crippen LogP contribution in [0.3, 0.4) is 0 Å². The van der Waals surface area contributed by atoms with Crippen LogP contribution < -0.4 is 0 Å². The van der Waals surface area contributed by atoms with Crippen molar-refractivity contribution in [2.75, 3.05) is 5.33 Å². The van der Waals surface area contributed by atoms with Gasteiger partial charge in [0.15, 0.2) is 0 Å². The molecule has 0 atom stereocenters. The highest BCUT2D eigenvalue weighted by atomic mass is 79.9. The van der Waals surface area contributed by atoms with Crippen LogP contribution in [0.2, 0.25) is 0 Å². The van der Waals surface area contributed by atoms with Crippen molar-refractivity contribution >= 4 is 15.9 Å². The largest absolute Gasteiger partial charge is 0.192 e. The molecule has 0 unspecified atom stereocenters. The number of nitriles is 1. The number of halogens is 1. The van der Waals surface area contributed by atoms with Crippen molar-refractivity contribution in [2.24, 2.45) is 0 Å². The number of unbranched alkanes of at least 4 members (excludes halogenated alkanes) is 5. The third kappa shape index (κ3) is 5.84. The first-order valence-electron chi connectivity index (χ1n) is 8.49. The Hall–Kier alpha value is -1.59. The Morgan fingerprint density at radius 2 is 1.43 bits per heavy atom. The van der Waals surface area contributed by atoms with E-state index in [1.54, 1.807) is 0 Å². The molecule has 2 aromatic carbocycles. The average Bonchev–Trinajstić information content (AvgIpc) is 2.61. The maximum Gasteiger partial charge on any atom is 0.0998 e. The fourth-order valence-corrected chi connectivity index (χ4v) is 3.21. The second kappa shape index (κ2) is 10.2. The summed E-state index contributed by atoms with van der Waals surface area (Å²) in [5, 5.41) is 10.3. The van der Waals surface area contributed by atoms with Crippen molar-refractivity contribution in [3.8, 4) is 17.2 Å². The minimum Gasteiger partial charge on any atom is -0.192 e. The van der Waals surface area contributed by atoms with Crippen molar-refractivity contribution in [1.82, 2.24) is 0 Å². The molecular formula is C21H24BrN. The van der Waals surface area contributed by atoms with Crippen LogP contribution >= 0.6 is 15.9 Å². The van der Waals surface area contributed by atoms with Gasteiger partial charge in [-0.3, -0.25) is 0 Å². The zero-order valence-electron chi connectivity index (χ0n) is 13.6. The number of hydrogen-bond donors (Lipinski definition) is 0. The smallest absolute Gasteiger partial charge is 0.0998 e. The molecule has 0 spiro atoms. The molecule has 0 amide bonds. The lowest BCUT2D eigenvalue weighted by molar-refractivity contribution is 0.610. The van der Waals surface area contributed by atoms with Gasteiger partial charge < -0.3 is 0 Å². The van der Waals surface area contributed by atoms with Crippen molar-refractivity contribution in [2.45, 2.75) is 44.9 Å². The first kappa shape index (κ1) is 17.8. The lowest BCUT2D eigenvalue weighted by Gasteiger charge is -2.06. The number of benzene rings is 2. The van der Waals surface area contributed by atoms with E-state index in [-0.39, 0.29) is 0 Å². The molecule has 0 radical (unpaired) electrons. The zero-order valence-corrected chi connectivity index (χ0v) is 15.2. The number of aryl methyl sites for hydroxylation is 1. The highest BCUT2D eigenvalue weighted by Crippen LogP contribution is 2.24. The summed E-state index contributed by atoms with van der Waals surface area (Å²) in [5.74, 6) is 0. The van der Waals surface area contributed by atoms with Gasteiger partial charge in [-0.15, -0.1) is 0 Å². The van der Waals surface area contributed by atoms with Crippen molar-refractivity contribution < 1.29 is 0 Å². The van der Waals surface area contributed by atoms with Crippen LogP contribution in [-0.2, 0) is 6.42 Å². The summed E-state index contributed by atoms with van der Waals surface area (Å²) < 4.78 is 0. The molecule has 120 valence electrons.